The Morgan fingerprint density at radius 3 is 1.93 bits per heavy atom. The van der Waals surface area contributed by atoms with E-state index in [-0.39, 0.29) is 18.0 Å². The second-order valence-corrected chi connectivity index (χ2v) is 8.02. The van der Waals surface area contributed by atoms with Crippen LogP contribution in [0.4, 0.5) is 4.79 Å². The summed E-state index contributed by atoms with van der Waals surface area (Å²) in [5.41, 5.74) is 1.43. The van der Waals surface area contributed by atoms with Crippen LogP contribution in [0.3, 0.4) is 0 Å². The van der Waals surface area contributed by atoms with Gasteiger partial charge in [-0.3, -0.25) is 4.79 Å². The molecule has 1 aromatic rings. The zero-order valence-corrected chi connectivity index (χ0v) is 17.8. The van der Waals surface area contributed by atoms with Crippen LogP contribution in [0.25, 0.3) is 0 Å². The molecule has 1 aliphatic carbocycles. The van der Waals surface area contributed by atoms with E-state index in [1.165, 1.54) is 19.3 Å². The van der Waals surface area contributed by atoms with Crippen LogP contribution in [-0.2, 0) is 0 Å². The van der Waals surface area contributed by atoms with Crippen LogP contribution in [0.5, 0.6) is 11.5 Å². The Hall–Kier alpha value is -2.44. The van der Waals surface area contributed by atoms with Crippen molar-refractivity contribution in [1.82, 2.24) is 15.5 Å². The van der Waals surface area contributed by atoms with Gasteiger partial charge in [-0.05, 0) is 44.7 Å². The van der Waals surface area contributed by atoms with Crippen molar-refractivity contribution < 1.29 is 19.1 Å². The average molecular weight is 404 g/mol. The van der Waals surface area contributed by atoms with Crippen molar-refractivity contribution >= 4 is 11.9 Å². The summed E-state index contributed by atoms with van der Waals surface area (Å²) in [4.78, 5) is 27.0. The van der Waals surface area contributed by atoms with E-state index < -0.39 is 0 Å². The van der Waals surface area contributed by atoms with Crippen molar-refractivity contribution in [3.05, 3.63) is 23.3 Å². The number of urea groups is 1. The minimum atomic E-state index is -0.0744. The van der Waals surface area contributed by atoms with E-state index >= 15 is 0 Å². The largest absolute Gasteiger partial charge is 0.496 e. The van der Waals surface area contributed by atoms with Crippen LogP contribution in [0.2, 0.25) is 0 Å². The maximum absolute atomic E-state index is 13.0. The van der Waals surface area contributed by atoms with Crippen molar-refractivity contribution in [2.75, 3.05) is 27.3 Å². The number of hydrogen-bond acceptors (Lipinski definition) is 4. The van der Waals surface area contributed by atoms with E-state index in [0.29, 0.717) is 36.2 Å². The second-order valence-electron chi connectivity index (χ2n) is 8.02. The van der Waals surface area contributed by atoms with Gasteiger partial charge in [0.2, 0.25) is 0 Å². The first-order valence-corrected chi connectivity index (χ1v) is 10.6. The summed E-state index contributed by atoms with van der Waals surface area (Å²) in [5.74, 6) is 1.25. The highest BCUT2D eigenvalue weighted by molar-refractivity contribution is 5.95. The first kappa shape index (κ1) is 21.3. The third kappa shape index (κ3) is 5.34. The fraction of sp³-hybridized carbons (Fsp3) is 0.636. The van der Waals surface area contributed by atoms with Gasteiger partial charge in [-0.1, -0.05) is 19.3 Å². The third-order valence-corrected chi connectivity index (χ3v) is 6.06. The Morgan fingerprint density at radius 2 is 1.41 bits per heavy atom. The number of carbonyl (C=O) groups excluding carboxylic acids is 2. The van der Waals surface area contributed by atoms with Gasteiger partial charge in [0.25, 0.3) is 5.91 Å². The zero-order chi connectivity index (χ0) is 20.8. The minimum absolute atomic E-state index is 0.0355. The lowest BCUT2D eigenvalue weighted by atomic mass is 9.96. The number of piperidine rings is 1. The highest BCUT2D eigenvalue weighted by Gasteiger charge is 2.26. The topological polar surface area (TPSA) is 79.9 Å². The number of likely N-dealkylation sites (tertiary alicyclic amines) is 1. The van der Waals surface area contributed by atoms with Crippen LogP contribution < -0.4 is 20.1 Å². The Labute approximate surface area is 173 Å². The lowest BCUT2D eigenvalue weighted by molar-refractivity contribution is 0.0707. The van der Waals surface area contributed by atoms with Crippen molar-refractivity contribution in [3.63, 3.8) is 0 Å². The van der Waals surface area contributed by atoms with Gasteiger partial charge in [0.05, 0.1) is 14.2 Å². The summed E-state index contributed by atoms with van der Waals surface area (Å²) >= 11 is 0. The molecule has 1 aliphatic heterocycles. The lowest BCUT2D eigenvalue weighted by Gasteiger charge is -2.33. The molecule has 160 valence electrons. The number of rotatable bonds is 5. The summed E-state index contributed by atoms with van der Waals surface area (Å²) in [6.45, 7) is 3.14. The maximum atomic E-state index is 13.0. The molecule has 1 aromatic carbocycles. The molecule has 1 saturated heterocycles. The smallest absolute Gasteiger partial charge is 0.315 e. The van der Waals surface area contributed by atoms with Gasteiger partial charge in [0, 0.05) is 36.3 Å². The number of carbonyl (C=O) groups is 2. The van der Waals surface area contributed by atoms with Crippen LogP contribution in [0, 0.1) is 6.92 Å². The van der Waals surface area contributed by atoms with Crippen molar-refractivity contribution in [2.24, 2.45) is 0 Å². The number of amides is 3. The van der Waals surface area contributed by atoms with Gasteiger partial charge in [-0.25, -0.2) is 4.79 Å². The van der Waals surface area contributed by atoms with Gasteiger partial charge >= 0.3 is 6.03 Å². The number of nitrogens with one attached hydrogen (secondary N) is 2. The van der Waals surface area contributed by atoms with Crippen molar-refractivity contribution in [1.29, 1.82) is 0 Å². The number of ether oxygens (including phenoxy) is 2. The molecule has 0 bridgehead atoms. The van der Waals surface area contributed by atoms with Crippen LogP contribution in [0.15, 0.2) is 12.1 Å². The molecule has 7 nitrogen and oxygen atoms in total. The monoisotopic (exact) mass is 403 g/mol. The Kier molecular flexibility index (Phi) is 7.23. The Bertz CT molecular complexity index is 698. The van der Waals surface area contributed by atoms with E-state index in [2.05, 4.69) is 10.6 Å². The molecule has 0 unspecified atom stereocenters. The molecular weight excluding hydrogens is 370 g/mol. The molecule has 2 N–H and O–H groups in total. The molecule has 0 aromatic heterocycles. The summed E-state index contributed by atoms with van der Waals surface area (Å²) < 4.78 is 10.8. The molecule has 1 heterocycles. The van der Waals surface area contributed by atoms with Gasteiger partial charge in [0.1, 0.15) is 11.5 Å². The molecule has 0 spiro atoms. The normalized spacial score (nSPS) is 18.2. The Balaban J connectivity index is 1.52. The summed E-state index contributed by atoms with van der Waals surface area (Å²) in [7, 11) is 3.18. The molecular formula is C22H33N3O4. The van der Waals surface area contributed by atoms with E-state index in [0.717, 1.165) is 31.2 Å². The predicted molar refractivity (Wildman–Crippen MR) is 112 cm³/mol. The highest BCUT2D eigenvalue weighted by Crippen LogP contribution is 2.30. The molecule has 2 aliphatic rings. The van der Waals surface area contributed by atoms with Gasteiger partial charge in [0.15, 0.2) is 0 Å². The molecule has 7 heteroatoms. The summed E-state index contributed by atoms with van der Waals surface area (Å²) in [6, 6.07) is 3.86. The standard InChI is InChI=1S/C22H33N3O4/c1-15-19(28-2)13-16(14-20(15)29-3)21(26)25-11-9-18(10-12-25)24-22(27)23-17-7-5-4-6-8-17/h13-14,17-18H,4-12H2,1-3H3,(H2,23,24,27). The van der Waals surface area contributed by atoms with Crippen molar-refractivity contribution in [3.8, 4) is 11.5 Å². The molecule has 29 heavy (non-hydrogen) atoms. The number of benzene rings is 1. The maximum Gasteiger partial charge on any atom is 0.315 e. The zero-order valence-electron chi connectivity index (χ0n) is 17.8. The highest BCUT2D eigenvalue weighted by atomic mass is 16.5. The van der Waals surface area contributed by atoms with Crippen LogP contribution >= 0.6 is 0 Å². The predicted octanol–water partition coefficient (Wildman–Crippen LogP) is 3.25. The molecule has 0 radical (unpaired) electrons. The van der Waals surface area contributed by atoms with Crippen LogP contribution in [0.1, 0.15) is 60.9 Å². The van der Waals surface area contributed by atoms with E-state index in [4.69, 9.17) is 9.47 Å². The lowest BCUT2D eigenvalue weighted by Crippen LogP contribution is -2.51. The Morgan fingerprint density at radius 1 is 0.897 bits per heavy atom. The van der Waals surface area contributed by atoms with Gasteiger partial charge < -0.3 is 25.0 Å². The van der Waals surface area contributed by atoms with E-state index in [1.54, 1.807) is 26.4 Å². The summed E-state index contributed by atoms with van der Waals surface area (Å²) in [6.07, 6.45) is 7.31. The molecule has 1 saturated carbocycles. The van der Waals surface area contributed by atoms with E-state index in [9.17, 15) is 9.59 Å². The number of nitrogens with zero attached hydrogens (tertiary/aromatic N) is 1. The molecule has 0 atom stereocenters. The quantitative estimate of drug-likeness (QED) is 0.791. The van der Waals surface area contributed by atoms with Crippen LogP contribution in [-0.4, -0.2) is 56.2 Å². The van der Waals surface area contributed by atoms with Crippen molar-refractivity contribution in [2.45, 2.75) is 64.0 Å². The van der Waals surface area contributed by atoms with Gasteiger partial charge in [-0.15, -0.1) is 0 Å². The second kappa shape index (κ2) is 9.85. The molecule has 3 rings (SSSR count). The van der Waals surface area contributed by atoms with Gasteiger partial charge in [-0.2, -0.15) is 0 Å². The SMILES string of the molecule is COc1cc(C(=O)N2CCC(NC(=O)NC3CCCCC3)CC2)cc(OC)c1C. The first-order chi connectivity index (χ1) is 14.0. The molecule has 3 amide bonds. The number of hydrogen-bond donors (Lipinski definition) is 2. The van der Waals surface area contributed by atoms with E-state index in [1.807, 2.05) is 11.8 Å². The number of methoxy groups -OCH3 is 2. The fourth-order valence-corrected chi connectivity index (χ4v) is 4.28. The third-order valence-electron chi connectivity index (χ3n) is 6.06. The molecule has 2 fully saturated rings. The first-order valence-electron chi connectivity index (χ1n) is 10.6. The minimum Gasteiger partial charge on any atom is -0.496 e. The fourth-order valence-electron chi connectivity index (χ4n) is 4.28. The summed E-state index contributed by atoms with van der Waals surface area (Å²) in [5, 5.41) is 6.18. The average Bonchev–Trinajstić information content (AvgIpc) is 2.74.